The van der Waals surface area contributed by atoms with E-state index < -0.39 is 0 Å². The number of likely N-dealkylation sites (tertiary alicyclic amines) is 1. The molecule has 0 radical (unpaired) electrons. The van der Waals surface area contributed by atoms with Gasteiger partial charge in [0.2, 0.25) is 0 Å². The zero-order valence-corrected chi connectivity index (χ0v) is 13.3. The van der Waals surface area contributed by atoms with Crippen molar-refractivity contribution in [1.82, 2.24) is 4.90 Å². The fraction of sp³-hybridized carbons (Fsp3) is 0.500. The molecule has 2 fully saturated rings. The second-order valence-corrected chi connectivity index (χ2v) is 6.41. The van der Waals surface area contributed by atoms with E-state index in [9.17, 15) is 4.79 Å². The van der Waals surface area contributed by atoms with Crippen molar-refractivity contribution in [2.24, 2.45) is 0 Å². The minimum atomic E-state index is -0.222. The highest BCUT2D eigenvalue weighted by molar-refractivity contribution is 5.96. The third kappa shape index (κ3) is 2.64. The van der Waals surface area contributed by atoms with E-state index in [0.717, 1.165) is 30.4 Å². The van der Waals surface area contributed by atoms with Gasteiger partial charge in [0.25, 0.3) is 5.91 Å². The Hall–Kier alpha value is -1.85. The van der Waals surface area contributed by atoms with Crippen LogP contribution < -0.4 is 0 Å². The summed E-state index contributed by atoms with van der Waals surface area (Å²) in [6.45, 7) is 4.68. The van der Waals surface area contributed by atoms with Gasteiger partial charge in [0.1, 0.15) is 11.2 Å². The first-order chi connectivity index (χ1) is 11.2. The monoisotopic (exact) mass is 315 g/mol. The molecule has 122 valence electrons. The van der Waals surface area contributed by atoms with Gasteiger partial charge in [-0.2, -0.15) is 0 Å². The van der Waals surface area contributed by atoms with Gasteiger partial charge in [-0.25, -0.2) is 0 Å². The third-order valence-corrected chi connectivity index (χ3v) is 4.73. The number of nitrogens with zero attached hydrogens (tertiary/aromatic N) is 1. The van der Waals surface area contributed by atoms with Gasteiger partial charge < -0.3 is 18.8 Å². The second kappa shape index (κ2) is 5.65. The van der Waals surface area contributed by atoms with Crippen molar-refractivity contribution in [2.45, 2.75) is 31.5 Å². The minimum absolute atomic E-state index is 0.0611. The molecule has 2 aromatic rings. The molecule has 1 spiro atoms. The Morgan fingerprint density at radius 2 is 2.22 bits per heavy atom. The van der Waals surface area contributed by atoms with Crippen LogP contribution in [0.15, 0.2) is 34.7 Å². The lowest BCUT2D eigenvalue weighted by Crippen LogP contribution is -2.67. The maximum atomic E-state index is 12.6. The smallest absolute Gasteiger partial charge is 0.289 e. The van der Waals surface area contributed by atoms with E-state index >= 15 is 0 Å². The van der Waals surface area contributed by atoms with Crippen LogP contribution in [-0.2, 0) is 9.47 Å². The van der Waals surface area contributed by atoms with Crippen LogP contribution in [0.25, 0.3) is 11.0 Å². The van der Waals surface area contributed by atoms with Crippen LogP contribution in [0.1, 0.15) is 30.3 Å². The Morgan fingerprint density at radius 3 is 3.00 bits per heavy atom. The van der Waals surface area contributed by atoms with Gasteiger partial charge in [-0.3, -0.25) is 4.79 Å². The molecular formula is C18H21NO4. The molecule has 2 aliphatic rings. The van der Waals surface area contributed by atoms with Gasteiger partial charge in [-0.1, -0.05) is 18.2 Å². The number of para-hydroxylation sites is 1. The van der Waals surface area contributed by atoms with Crippen molar-refractivity contribution in [3.05, 3.63) is 36.1 Å². The first kappa shape index (κ1) is 14.7. The quantitative estimate of drug-likeness (QED) is 0.874. The van der Waals surface area contributed by atoms with Crippen LogP contribution in [0.5, 0.6) is 0 Å². The minimum Gasteiger partial charge on any atom is -0.451 e. The molecule has 0 bridgehead atoms. The van der Waals surface area contributed by atoms with Crippen LogP contribution in [0.2, 0.25) is 0 Å². The largest absolute Gasteiger partial charge is 0.451 e. The zero-order chi connectivity index (χ0) is 15.9. The average molecular weight is 315 g/mol. The summed E-state index contributed by atoms with van der Waals surface area (Å²) < 4.78 is 17.3. The number of rotatable bonds is 3. The van der Waals surface area contributed by atoms with Gasteiger partial charge in [-0.05, 0) is 25.5 Å². The number of ether oxygens (including phenoxy) is 2. The third-order valence-electron chi connectivity index (χ3n) is 4.73. The summed E-state index contributed by atoms with van der Waals surface area (Å²) in [6, 6.07) is 9.48. The number of hydrogen-bond acceptors (Lipinski definition) is 4. The molecule has 4 rings (SSSR count). The second-order valence-electron chi connectivity index (χ2n) is 6.41. The summed E-state index contributed by atoms with van der Waals surface area (Å²) in [5.74, 6) is 0.340. The van der Waals surface area contributed by atoms with Gasteiger partial charge in [0, 0.05) is 25.0 Å². The fourth-order valence-corrected chi connectivity index (χ4v) is 3.62. The summed E-state index contributed by atoms with van der Waals surface area (Å²) in [5.41, 5.74) is 0.524. The summed E-state index contributed by atoms with van der Waals surface area (Å²) in [5, 5.41) is 0.955. The highest BCUT2D eigenvalue weighted by Gasteiger charge is 2.50. The number of benzene rings is 1. The molecule has 0 N–H and O–H groups in total. The number of amides is 1. The summed E-state index contributed by atoms with van der Waals surface area (Å²) in [7, 11) is 0. The van der Waals surface area contributed by atoms with Crippen molar-refractivity contribution < 1.29 is 18.7 Å². The predicted octanol–water partition coefficient (Wildman–Crippen LogP) is 2.84. The number of carbonyl (C=O) groups excluding carboxylic acids is 1. The molecule has 5 nitrogen and oxygen atoms in total. The molecular weight excluding hydrogens is 294 g/mol. The number of fused-ring (bicyclic) bond motifs is 1. The Kier molecular flexibility index (Phi) is 3.62. The van der Waals surface area contributed by atoms with E-state index in [0.29, 0.717) is 25.5 Å². The van der Waals surface area contributed by atoms with Crippen LogP contribution in [0.4, 0.5) is 0 Å². The number of carbonyl (C=O) groups is 1. The fourth-order valence-electron chi connectivity index (χ4n) is 3.62. The molecule has 3 heterocycles. The molecule has 1 atom stereocenters. The number of furan rings is 1. The summed E-state index contributed by atoms with van der Waals surface area (Å²) >= 11 is 0. The average Bonchev–Trinajstić information content (AvgIpc) is 2.96. The van der Waals surface area contributed by atoms with E-state index in [1.807, 2.05) is 37.3 Å². The van der Waals surface area contributed by atoms with Crippen molar-refractivity contribution in [3.63, 3.8) is 0 Å². The van der Waals surface area contributed by atoms with E-state index in [1.54, 1.807) is 4.90 Å². The van der Waals surface area contributed by atoms with Crippen LogP contribution in [0, 0.1) is 0 Å². The molecule has 0 aliphatic carbocycles. The molecule has 1 aromatic heterocycles. The van der Waals surface area contributed by atoms with Crippen molar-refractivity contribution in [3.8, 4) is 0 Å². The topological polar surface area (TPSA) is 51.9 Å². The molecule has 23 heavy (non-hydrogen) atoms. The maximum absolute atomic E-state index is 12.6. The van der Waals surface area contributed by atoms with Crippen LogP contribution >= 0.6 is 0 Å². The van der Waals surface area contributed by atoms with E-state index in [4.69, 9.17) is 13.9 Å². The SMILES string of the molecule is CCO[C@H]1CCOC2(C1)CN(C(=O)c1cc3ccccc3o1)C2. The molecule has 1 aromatic carbocycles. The molecule has 0 saturated carbocycles. The molecule has 2 aliphatic heterocycles. The van der Waals surface area contributed by atoms with Crippen molar-refractivity contribution >= 4 is 16.9 Å². The Balaban J connectivity index is 1.43. The summed E-state index contributed by atoms with van der Waals surface area (Å²) in [6.07, 6.45) is 2.05. The van der Waals surface area contributed by atoms with Gasteiger partial charge in [0.15, 0.2) is 5.76 Å². The standard InChI is InChI=1S/C18H21NO4/c1-2-21-14-7-8-22-18(10-14)11-19(12-18)17(20)16-9-13-5-3-4-6-15(13)23-16/h3-6,9,14H,2,7-8,10-12H2,1H3/t14-/m0/s1. The predicted molar refractivity (Wildman–Crippen MR) is 85.4 cm³/mol. The Bertz CT molecular complexity index is 682. The first-order valence-electron chi connectivity index (χ1n) is 8.22. The molecule has 2 saturated heterocycles. The van der Waals surface area contributed by atoms with E-state index in [2.05, 4.69) is 0 Å². The first-order valence-corrected chi connectivity index (χ1v) is 8.22. The molecule has 5 heteroatoms. The van der Waals surface area contributed by atoms with Crippen LogP contribution in [0.3, 0.4) is 0 Å². The molecule has 0 unspecified atom stereocenters. The highest BCUT2D eigenvalue weighted by Crippen LogP contribution is 2.36. The lowest BCUT2D eigenvalue weighted by atomic mass is 9.84. The van der Waals surface area contributed by atoms with Gasteiger partial charge >= 0.3 is 0 Å². The van der Waals surface area contributed by atoms with Crippen molar-refractivity contribution in [2.75, 3.05) is 26.3 Å². The van der Waals surface area contributed by atoms with E-state index in [1.165, 1.54) is 0 Å². The van der Waals surface area contributed by atoms with E-state index in [-0.39, 0.29) is 17.6 Å². The highest BCUT2D eigenvalue weighted by atomic mass is 16.5. The van der Waals surface area contributed by atoms with Crippen molar-refractivity contribution in [1.29, 1.82) is 0 Å². The normalized spacial score (nSPS) is 23.2. The zero-order valence-electron chi connectivity index (χ0n) is 13.3. The Labute approximate surface area is 135 Å². The van der Waals surface area contributed by atoms with Gasteiger partial charge in [0.05, 0.1) is 19.2 Å². The lowest BCUT2D eigenvalue weighted by molar-refractivity contribution is -0.185. The number of hydrogen-bond donors (Lipinski definition) is 0. The molecule has 1 amide bonds. The summed E-state index contributed by atoms with van der Waals surface area (Å²) in [4.78, 5) is 14.4. The lowest BCUT2D eigenvalue weighted by Gasteiger charge is -2.52. The van der Waals surface area contributed by atoms with Gasteiger partial charge in [-0.15, -0.1) is 0 Å². The maximum Gasteiger partial charge on any atom is 0.289 e. The van der Waals surface area contributed by atoms with Crippen LogP contribution in [-0.4, -0.2) is 48.8 Å². The Morgan fingerprint density at radius 1 is 1.39 bits per heavy atom.